The Bertz CT molecular complexity index is 3430. The normalized spacial score (nSPS) is 12.1. The lowest BCUT2D eigenvalue weighted by molar-refractivity contribution is 0.633. The Kier molecular flexibility index (Phi) is 6.41. The van der Waals surface area contributed by atoms with Crippen LogP contribution in [-0.2, 0) is 0 Å². The average Bonchev–Trinajstić information content (AvgIpc) is 4.04. The largest absolute Gasteiger partial charge is 0.452 e. The summed E-state index contributed by atoms with van der Waals surface area (Å²) >= 11 is 0. The van der Waals surface area contributed by atoms with E-state index in [2.05, 4.69) is 203 Å². The van der Waals surface area contributed by atoms with Crippen molar-refractivity contribution in [1.29, 1.82) is 0 Å². The molecule has 0 fully saturated rings. The fraction of sp³-hybridized carbons (Fsp3) is 0. The second-order valence-corrected chi connectivity index (χ2v) is 15.2. The lowest BCUT2D eigenvalue weighted by Gasteiger charge is -2.15. The molecule has 0 saturated heterocycles. The van der Waals surface area contributed by atoms with Crippen LogP contribution in [0.4, 0.5) is 0 Å². The molecule has 0 atom stereocenters. The molecule has 0 aliphatic carbocycles. The maximum absolute atomic E-state index is 7.01. The molecule has 270 valence electrons. The quantitative estimate of drug-likeness (QED) is 0.180. The van der Waals surface area contributed by atoms with Crippen LogP contribution in [0.15, 0.2) is 203 Å². The number of fused-ring (bicyclic) bond motifs is 13. The zero-order chi connectivity index (χ0) is 37.9. The molecule has 13 aromatic rings. The van der Waals surface area contributed by atoms with Gasteiger partial charge in [-0.05, 0) is 71.8 Å². The van der Waals surface area contributed by atoms with Crippen LogP contribution in [0.3, 0.4) is 0 Å². The summed E-state index contributed by atoms with van der Waals surface area (Å²) in [6, 6.07) is 69.4. The molecule has 0 N–H and O–H groups in total. The van der Waals surface area contributed by atoms with Crippen molar-refractivity contribution in [1.82, 2.24) is 9.13 Å². The van der Waals surface area contributed by atoms with Crippen molar-refractivity contribution in [3.8, 4) is 33.6 Å². The number of benzene rings is 9. The van der Waals surface area contributed by atoms with E-state index in [9.17, 15) is 0 Å². The minimum Gasteiger partial charge on any atom is -0.452 e. The lowest BCUT2D eigenvalue weighted by Crippen LogP contribution is -1.94. The molecule has 0 unspecified atom stereocenters. The van der Waals surface area contributed by atoms with Gasteiger partial charge in [0.2, 0.25) is 0 Å². The molecule has 0 aliphatic rings. The van der Waals surface area contributed by atoms with Crippen molar-refractivity contribution in [2.24, 2.45) is 0 Å². The molecule has 9 aromatic carbocycles. The topological polar surface area (TPSA) is 36.1 Å². The fourth-order valence-electron chi connectivity index (χ4n) is 9.70. The average molecular weight is 741 g/mol. The maximum Gasteiger partial charge on any atom is 0.179 e. The molecule has 4 heterocycles. The van der Waals surface area contributed by atoms with Gasteiger partial charge in [0, 0.05) is 65.6 Å². The first-order chi connectivity index (χ1) is 28.8. The highest BCUT2D eigenvalue weighted by Gasteiger charge is 2.27. The van der Waals surface area contributed by atoms with Gasteiger partial charge in [-0.1, -0.05) is 133 Å². The molecule has 4 nitrogen and oxygen atoms in total. The van der Waals surface area contributed by atoms with Crippen LogP contribution in [0.25, 0.3) is 121 Å². The lowest BCUT2D eigenvalue weighted by atomic mass is 9.87. The van der Waals surface area contributed by atoms with E-state index in [-0.39, 0.29) is 0 Å². The summed E-state index contributed by atoms with van der Waals surface area (Å²) in [6.07, 6.45) is 0. The number of hydrogen-bond acceptors (Lipinski definition) is 2. The van der Waals surface area contributed by atoms with Crippen LogP contribution in [0.1, 0.15) is 0 Å². The van der Waals surface area contributed by atoms with Gasteiger partial charge in [-0.2, -0.15) is 0 Å². The summed E-state index contributed by atoms with van der Waals surface area (Å²) in [7, 11) is 0. The van der Waals surface area contributed by atoms with Crippen molar-refractivity contribution in [2.75, 3.05) is 0 Å². The van der Waals surface area contributed by atoms with E-state index in [1.165, 1.54) is 43.6 Å². The third-order valence-electron chi connectivity index (χ3n) is 12.1. The van der Waals surface area contributed by atoms with Gasteiger partial charge in [0.1, 0.15) is 11.2 Å². The first-order valence-corrected chi connectivity index (χ1v) is 19.8. The standard InChI is InChI=1S/C54H32N2O2/c1-3-15-33(16-4-1)49-50(34-17-5-2-6-18-34)52-42-32-36(56-45-25-13-9-21-39(45)40-22-10-14-26-46(40)56)28-30-48(42)58-54(52)53-51(49)41-31-35(27-29-47(41)57-53)55-43-23-11-7-19-37(43)38-20-8-12-24-44(38)55/h1-32H. The predicted molar refractivity (Wildman–Crippen MR) is 241 cm³/mol. The summed E-state index contributed by atoms with van der Waals surface area (Å²) in [5.74, 6) is 0. The molecule has 4 heteroatoms. The van der Waals surface area contributed by atoms with E-state index >= 15 is 0 Å². The Morgan fingerprint density at radius 3 is 0.983 bits per heavy atom. The van der Waals surface area contributed by atoms with E-state index < -0.39 is 0 Å². The smallest absolute Gasteiger partial charge is 0.179 e. The van der Waals surface area contributed by atoms with Crippen LogP contribution >= 0.6 is 0 Å². The van der Waals surface area contributed by atoms with Gasteiger partial charge < -0.3 is 18.0 Å². The third kappa shape index (κ3) is 4.29. The third-order valence-corrected chi connectivity index (χ3v) is 12.1. The highest BCUT2D eigenvalue weighted by Crippen LogP contribution is 2.51. The van der Waals surface area contributed by atoms with Gasteiger partial charge in [0.25, 0.3) is 0 Å². The number of rotatable bonds is 4. The maximum atomic E-state index is 7.01. The molecule has 0 saturated carbocycles. The van der Waals surface area contributed by atoms with E-state index in [1.807, 2.05) is 0 Å². The van der Waals surface area contributed by atoms with Crippen LogP contribution in [0, 0.1) is 0 Å². The fourth-order valence-corrected chi connectivity index (χ4v) is 9.70. The number of aromatic nitrogens is 2. The Labute approximate surface area is 332 Å². The first-order valence-electron chi connectivity index (χ1n) is 19.8. The highest BCUT2D eigenvalue weighted by atomic mass is 16.4. The minimum absolute atomic E-state index is 0.748. The monoisotopic (exact) mass is 740 g/mol. The molecule has 0 amide bonds. The number of nitrogens with zero attached hydrogens (tertiary/aromatic N) is 2. The molecule has 0 spiro atoms. The Morgan fingerprint density at radius 2 is 0.621 bits per heavy atom. The van der Waals surface area contributed by atoms with Crippen LogP contribution in [0.2, 0.25) is 0 Å². The van der Waals surface area contributed by atoms with Gasteiger partial charge in [0.15, 0.2) is 11.2 Å². The van der Waals surface area contributed by atoms with Gasteiger partial charge in [-0.3, -0.25) is 0 Å². The van der Waals surface area contributed by atoms with Crippen LogP contribution in [-0.4, -0.2) is 9.13 Å². The Balaban J connectivity index is 1.18. The molecular formula is C54H32N2O2. The Morgan fingerprint density at radius 1 is 0.293 bits per heavy atom. The van der Waals surface area contributed by atoms with Crippen molar-refractivity contribution in [3.63, 3.8) is 0 Å². The van der Waals surface area contributed by atoms with E-state index in [0.29, 0.717) is 0 Å². The minimum atomic E-state index is 0.748. The first kappa shape index (κ1) is 31.4. The molecule has 0 bridgehead atoms. The van der Waals surface area contributed by atoms with Crippen LogP contribution in [0.5, 0.6) is 0 Å². The predicted octanol–water partition coefficient (Wildman–Crippen LogP) is 15.0. The molecule has 58 heavy (non-hydrogen) atoms. The molecule has 4 aromatic heterocycles. The zero-order valence-electron chi connectivity index (χ0n) is 31.2. The number of hydrogen-bond donors (Lipinski definition) is 0. The van der Waals surface area contributed by atoms with Crippen molar-refractivity contribution < 1.29 is 8.83 Å². The van der Waals surface area contributed by atoms with E-state index in [4.69, 9.17) is 8.83 Å². The summed E-state index contributed by atoms with van der Waals surface area (Å²) in [4.78, 5) is 0. The number of para-hydroxylation sites is 4. The SMILES string of the molecule is c1ccc(-c2c(-c3ccccc3)c3c4cc(-n5c6ccccc6c6ccccc65)ccc4oc3c3oc4ccc(-n5c6ccccc6c6ccccc65)cc4c23)cc1. The molecule has 13 rings (SSSR count). The van der Waals surface area contributed by atoms with Gasteiger partial charge in [0.05, 0.1) is 22.1 Å². The molecule has 0 radical (unpaired) electrons. The summed E-state index contributed by atoms with van der Waals surface area (Å²) in [6.45, 7) is 0. The number of furan rings is 2. The summed E-state index contributed by atoms with van der Waals surface area (Å²) < 4.78 is 18.8. The van der Waals surface area contributed by atoms with Crippen molar-refractivity contribution >= 4 is 87.5 Å². The summed E-state index contributed by atoms with van der Waals surface area (Å²) in [5.41, 5.74) is 14.4. The van der Waals surface area contributed by atoms with Crippen molar-refractivity contribution in [3.05, 3.63) is 194 Å². The van der Waals surface area contributed by atoms with Crippen molar-refractivity contribution in [2.45, 2.75) is 0 Å². The zero-order valence-corrected chi connectivity index (χ0v) is 31.2. The summed E-state index contributed by atoms with van der Waals surface area (Å²) in [5, 5.41) is 9.09. The molecule has 0 aliphatic heterocycles. The van der Waals surface area contributed by atoms with E-state index in [0.717, 1.165) is 77.5 Å². The highest BCUT2D eigenvalue weighted by molar-refractivity contribution is 6.30. The van der Waals surface area contributed by atoms with Gasteiger partial charge >= 0.3 is 0 Å². The second kappa shape index (κ2) is 11.8. The van der Waals surface area contributed by atoms with E-state index in [1.54, 1.807) is 0 Å². The van der Waals surface area contributed by atoms with Gasteiger partial charge in [-0.15, -0.1) is 0 Å². The van der Waals surface area contributed by atoms with Crippen LogP contribution < -0.4 is 0 Å². The van der Waals surface area contributed by atoms with Gasteiger partial charge in [-0.25, -0.2) is 0 Å². The second-order valence-electron chi connectivity index (χ2n) is 15.2. The molecular weight excluding hydrogens is 709 g/mol. The Hall–Kier alpha value is -7.82.